The minimum atomic E-state index is -0.276. The molecule has 0 radical (unpaired) electrons. The van der Waals surface area contributed by atoms with E-state index in [1.807, 2.05) is 7.05 Å². The zero-order chi connectivity index (χ0) is 12.8. The number of aromatic hydroxyl groups is 1. The Balaban J connectivity index is 2.43. The summed E-state index contributed by atoms with van der Waals surface area (Å²) >= 11 is 0. The van der Waals surface area contributed by atoms with E-state index in [-0.39, 0.29) is 17.2 Å². The summed E-state index contributed by atoms with van der Waals surface area (Å²) in [4.78, 5) is 17.6. The normalized spacial score (nSPS) is 10.9. The van der Waals surface area contributed by atoms with Crippen LogP contribution in [0.4, 0.5) is 0 Å². The minimum Gasteiger partial charge on any atom is -0.505 e. The molecule has 0 bridgehead atoms. The van der Waals surface area contributed by atoms with Crippen LogP contribution in [0.5, 0.6) is 5.75 Å². The highest BCUT2D eigenvalue weighted by atomic mass is 16.3. The van der Waals surface area contributed by atoms with Crippen LogP contribution < -0.4 is 5.32 Å². The fourth-order valence-corrected chi connectivity index (χ4v) is 1.28. The van der Waals surface area contributed by atoms with Gasteiger partial charge in [-0.1, -0.05) is 0 Å². The fraction of sp³-hybridized carbons (Fsp3) is 0.500. The topological polar surface area (TPSA) is 65.5 Å². The van der Waals surface area contributed by atoms with Gasteiger partial charge in [0.25, 0.3) is 5.91 Å². The number of nitrogens with one attached hydrogen (secondary N) is 1. The summed E-state index contributed by atoms with van der Waals surface area (Å²) in [5, 5.41) is 12.2. The molecule has 2 N–H and O–H groups in total. The van der Waals surface area contributed by atoms with Crippen molar-refractivity contribution in [3.63, 3.8) is 0 Å². The molecule has 0 atom stereocenters. The van der Waals surface area contributed by atoms with Crippen molar-refractivity contribution in [3.8, 4) is 5.75 Å². The summed E-state index contributed by atoms with van der Waals surface area (Å²) in [7, 11) is 2.00. The Bertz CT molecular complexity index is 380. The summed E-state index contributed by atoms with van der Waals surface area (Å²) in [5.74, 6) is -0.371. The van der Waals surface area contributed by atoms with Crippen LogP contribution in [0.3, 0.4) is 0 Å². The number of pyridine rings is 1. The first-order valence-electron chi connectivity index (χ1n) is 5.63. The number of hydrogen-bond donors (Lipinski definition) is 2. The minimum absolute atomic E-state index is 0.0952. The highest BCUT2D eigenvalue weighted by Crippen LogP contribution is 2.12. The maximum Gasteiger partial charge on any atom is 0.255 e. The van der Waals surface area contributed by atoms with Gasteiger partial charge in [-0.3, -0.25) is 9.78 Å². The Morgan fingerprint density at radius 3 is 2.88 bits per heavy atom. The summed E-state index contributed by atoms with van der Waals surface area (Å²) in [6, 6.07) is 1.94. The second-order valence-corrected chi connectivity index (χ2v) is 4.22. The third-order valence-corrected chi connectivity index (χ3v) is 2.68. The molecule has 1 amide bonds. The lowest BCUT2D eigenvalue weighted by molar-refractivity contribution is 0.0945. The van der Waals surface area contributed by atoms with Gasteiger partial charge in [-0.2, -0.15) is 0 Å². The first-order chi connectivity index (χ1) is 8.02. The first kappa shape index (κ1) is 13.4. The summed E-state index contributed by atoms with van der Waals surface area (Å²) in [6.07, 6.45) is 2.74. The van der Waals surface area contributed by atoms with E-state index in [0.29, 0.717) is 12.6 Å². The Labute approximate surface area is 101 Å². The summed E-state index contributed by atoms with van der Waals surface area (Å²) < 4.78 is 0. The van der Waals surface area contributed by atoms with Gasteiger partial charge in [0.05, 0.1) is 11.8 Å². The fourth-order valence-electron chi connectivity index (χ4n) is 1.28. The monoisotopic (exact) mass is 237 g/mol. The first-order valence-corrected chi connectivity index (χ1v) is 5.63. The maximum absolute atomic E-state index is 11.7. The second kappa shape index (κ2) is 6.20. The molecule has 17 heavy (non-hydrogen) atoms. The van der Waals surface area contributed by atoms with Gasteiger partial charge in [-0.15, -0.1) is 0 Å². The molecule has 0 saturated heterocycles. The lowest BCUT2D eigenvalue weighted by Crippen LogP contribution is -2.36. The van der Waals surface area contributed by atoms with E-state index in [1.165, 1.54) is 18.5 Å². The summed E-state index contributed by atoms with van der Waals surface area (Å²) in [6.45, 7) is 5.51. The van der Waals surface area contributed by atoms with Crippen molar-refractivity contribution in [3.05, 3.63) is 24.0 Å². The third kappa shape index (κ3) is 4.03. The van der Waals surface area contributed by atoms with E-state index in [2.05, 4.69) is 29.0 Å². The van der Waals surface area contributed by atoms with Crippen LogP contribution in [-0.2, 0) is 0 Å². The molecular formula is C12H19N3O2. The Hall–Kier alpha value is -1.62. The molecule has 0 saturated carbocycles. The van der Waals surface area contributed by atoms with Gasteiger partial charge in [0.15, 0.2) is 0 Å². The van der Waals surface area contributed by atoms with Crippen molar-refractivity contribution in [1.29, 1.82) is 0 Å². The Kier molecular flexibility index (Phi) is 4.90. The number of rotatable bonds is 5. The van der Waals surface area contributed by atoms with Gasteiger partial charge in [-0.25, -0.2) is 0 Å². The van der Waals surface area contributed by atoms with Gasteiger partial charge >= 0.3 is 0 Å². The molecule has 5 nitrogen and oxygen atoms in total. The zero-order valence-corrected chi connectivity index (χ0v) is 10.5. The molecule has 0 fully saturated rings. The predicted octanol–water partition coefficient (Wildman–Crippen LogP) is 0.857. The number of hydrogen-bond acceptors (Lipinski definition) is 4. The quantitative estimate of drug-likeness (QED) is 0.797. The SMILES string of the molecule is CC(C)N(C)CCNC(=O)c1ccncc1O. The van der Waals surface area contributed by atoms with Crippen molar-refractivity contribution in [1.82, 2.24) is 15.2 Å². The molecule has 1 aromatic heterocycles. The van der Waals surface area contributed by atoms with Crippen LogP contribution in [-0.4, -0.2) is 47.1 Å². The van der Waals surface area contributed by atoms with Gasteiger partial charge in [0.1, 0.15) is 5.75 Å². The molecule has 5 heteroatoms. The van der Waals surface area contributed by atoms with E-state index < -0.39 is 0 Å². The smallest absolute Gasteiger partial charge is 0.255 e. The Morgan fingerprint density at radius 1 is 1.59 bits per heavy atom. The van der Waals surface area contributed by atoms with E-state index >= 15 is 0 Å². The molecular weight excluding hydrogens is 218 g/mol. The molecule has 94 valence electrons. The van der Waals surface area contributed by atoms with Crippen molar-refractivity contribution in [2.75, 3.05) is 20.1 Å². The van der Waals surface area contributed by atoms with E-state index in [0.717, 1.165) is 6.54 Å². The molecule has 1 rings (SSSR count). The van der Waals surface area contributed by atoms with Crippen LogP contribution in [0, 0.1) is 0 Å². The van der Waals surface area contributed by atoms with Crippen molar-refractivity contribution < 1.29 is 9.90 Å². The van der Waals surface area contributed by atoms with Crippen molar-refractivity contribution >= 4 is 5.91 Å². The van der Waals surface area contributed by atoms with Gasteiger partial charge in [-0.05, 0) is 27.0 Å². The predicted molar refractivity (Wildman–Crippen MR) is 66.0 cm³/mol. The average Bonchev–Trinajstić information content (AvgIpc) is 2.29. The van der Waals surface area contributed by atoms with Crippen LogP contribution >= 0.6 is 0 Å². The van der Waals surface area contributed by atoms with E-state index in [1.54, 1.807) is 0 Å². The van der Waals surface area contributed by atoms with E-state index in [4.69, 9.17) is 0 Å². The van der Waals surface area contributed by atoms with Crippen LogP contribution in [0.25, 0.3) is 0 Å². The number of likely N-dealkylation sites (N-methyl/N-ethyl adjacent to an activating group) is 1. The van der Waals surface area contributed by atoms with Gasteiger partial charge < -0.3 is 15.3 Å². The molecule has 0 aliphatic carbocycles. The standard InChI is InChI=1S/C12H19N3O2/c1-9(2)15(3)7-6-14-12(17)10-4-5-13-8-11(10)16/h4-5,8-9,16H,6-7H2,1-3H3,(H,14,17). The van der Waals surface area contributed by atoms with Crippen molar-refractivity contribution in [2.24, 2.45) is 0 Å². The number of carbonyl (C=O) groups excluding carboxylic acids is 1. The Morgan fingerprint density at radius 2 is 2.29 bits per heavy atom. The number of amides is 1. The molecule has 0 unspecified atom stereocenters. The largest absolute Gasteiger partial charge is 0.505 e. The molecule has 1 heterocycles. The molecule has 0 aromatic carbocycles. The zero-order valence-electron chi connectivity index (χ0n) is 10.5. The average molecular weight is 237 g/mol. The lowest BCUT2D eigenvalue weighted by Gasteiger charge is -2.20. The molecule has 1 aromatic rings. The molecule has 0 spiro atoms. The van der Waals surface area contributed by atoms with Gasteiger partial charge in [0.2, 0.25) is 0 Å². The van der Waals surface area contributed by atoms with Gasteiger partial charge in [0, 0.05) is 25.3 Å². The lowest BCUT2D eigenvalue weighted by atomic mass is 10.2. The maximum atomic E-state index is 11.7. The second-order valence-electron chi connectivity index (χ2n) is 4.22. The number of carbonyl (C=O) groups is 1. The van der Waals surface area contributed by atoms with Crippen LogP contribution in [0.15, 0.2) is 18.5 Å². The molecule has 0 aliphatic heterocycles. The van der Waals surface area contributed by atoms with Crippen LogP contribution in [0.1, 0.15) is 24.2 Å². The highest BCUT2D eigenvalue weighted by Gasteiger charge is 2.10. The van der Waals surface area contributed by atoms with Crippen LogP contribution in [0.2, 0.25) is 0 Å². The molecule has 0 aliphatic rings. The number of aromatic nitrogens is 1. The van der Waals surface area contributed by atoms with Crippen molar-refractivity contribution in [2.45, 2.75) is 19.9 Å². The summed E-state index contributed by atoms with van der Waals surface area (Å²) in [5.41, 5.74) is 0.257. The van der Waals surface area contributed by atoms with E-state index in [9.17, 15) is 9.90 Å². The third-order valence-electron chi connectivity index (χ3n) is 2.68. The highest BCUT2D eigenvalue weighted by molar-refractivity contribution is 5.96. The number of nitrogens with zero attached hydrogens (tertiary/aromatic N) is 2.